The highest BCUT2D eigenvalue weighted by Crippen LogP contribution is 2.33. The van der Waals surface area contributed by atoms with Gasteiger partial charge in [-0.1, -0.05) is 0 Å². The van der Waals surface area contributed by atoms with Crippen LogP contribution in [-0.4, -0.2) is 29.6 Å². The summed E-state index contributed by atoms with van der Waals surface area (Å²) in [6.07, 6.45) is 0. The van der Waals surface area contributed by atoms with E-state index in [9.17, 15) is 9.59 Å². The molecule has 2 aromatic heterocycles. The van der Waals surface area contributed by atoms with Gasteiger partial charge in [0.15, 0.2) is 11.5 Å². The van der Waals surface area contributed by atoms with Crippen LogP contribution in [0.5, 0.6) is 11.5 Å². The third-order valence-corrected chi connectivity index (χ3v) is 5.03. The molecule has 1 aliphatic rings. The number of hydrogen-bond acceptors (Lipinski definition) is 5. The Morgan fingerprint density at radius 2 is 1.53 bits per heavy atom. The van der Waals surface area contributed by atoms with Crippen molar-refractivity contribution in [1.82, 2.24) is 15.4 Å². The third-order valence-electron chi connectivity index (χ3n) is 5.03. The predicted octanol–water partition coefficient (Wildman–Crippen LogP) is 3.15. The van der Waals surface area contributed by atoms with Gasteiger partial charge in [-0.3, -0.25) is 20.4 Å². The van der Waals surface area contributed by atoms with E-state index in [1.807, 2.05) is 36.6 Å². The zero-order valence-electron chi connectivity index (χ0n) is 17.3. The Morgan fingerprint density at radius 1 is 0.867 bits per heavy atom. The fourth-order valence-electron chi connectivity index (χ4n) is 3.67. The SMILES string of the molecule is Cc1cc(C(=O)NNC(=O)c2cc(C)n(-c3ccc4c(c3)OCCO4)c2C)c(C)o1. The molecule has 0 saturated carbocycles. The van der Waals surface area contributed by atoms with Crippen molar-refractivity contribution in [3.63, 3.8) is 0 Å². The number of aryl methyl sites for hydroxylation is 3. The maximum Gasteiger partial charge on any atom is 0.273 e. The van der Waals surface area contributed by atoms with E-state index in [0.29, 0.717) is 47.4 Å². The number of carbonyl (C=O) groups is 2. The van der Waals surface area contributed by atoms with Crippen LogP contribution in [0.15, 0.2) is 34.7 Å². The summed E-state index contributed by atoms with van der Waals surface area (Å²) in [7, 11) is 0. The van der Waals surface area contributed by atoms with Gasteiger partial charge >= 0.3 is 0 Å². The van der Waals surface area contributed by atoms with E-state index in [1.165, 1.54) is 0 Å². The van der Waals surface area contributed by atoms with Crippen molar-refractivity contribution < 1.29 is 23.5 Å². The van der Waals surface area contributed by atoms with E-state index in [-0.39, 0.29) is 0 Å². The number of hydrogen-bond donors (Lipinski definition) is 2. The fourth-order valence-corrected chi connectivity index (χ4v) is 3.67. The van der Waals surface area contributed by atoms with Crippen molar-refractivity contribution in [1.29, 1.82) is 0 Å². The summed E-state index contributed by atoms with van der Waals surface area (Å²) < 4.78 is 18.6. The van der Waals surface area contributed by atoms with Crippen molar-refractivity contribution in [2.24, 2.45) is 0 Å². The van der Waals surface area contributed by atoms with Crippen molar-refractivity contribution in [3.05, 3.63) is 64.4 Å². The monoisotopic (exact) mass is 409 g/mol. The van der Waals surface area contributed by atoms with Gasteiger partial charge in [0.25, 0.3) is 11.8 Å². The molecule has 1 aromatic carbocycles. The average Bonchev–Trinajstić information content (AvgIpc) is 3.22. The molecule has 4 rings (SSSR count). The molecule has 3 heterocycles. The van der Waals surface area contributed by atoms with Gasteiger partial charge in [-0.05, 0) is 52.0 Å². The van der Waals surface area contributed by atoms with Crippen molar-refractivity contribution in [2.45, 2.75) is 27.7 Å². The lowest BCUT2D eigenvalue weighted by Crippen LogP contribution is -2.41. The van der Waals surface area contributed by atoms with Gasteiger partial charge in [0.05, 0.1) is 11.1 Å². The molecular weight excluding hydrogens is 386 g/mol. The first-order valence-electron chi connectivity index (χ1n) is 9.62. The first-order valence-corrected chi connectivity index (χ1v) is 9.62. The number of rotatable bonds is 3. The summed E-state index contributed by atoms with van der Waals surface area (Å²) in [5.74, 6) is 1.67. The number of ether oxygens (including phenoxy) is 2. The summed E-state index contributed by atoms with van der Waals surface area (Å²) in [6, 6.07) is 9.08. The van der Waals surface area contributed by atoms with Crippen molar-refractivity contribution in [3.8, 4) is 17.2 Å². The number of benzene rings is 1. The van der Waals surface area contributed by atoms with Crippen LogP contribution in [0, 0.1) is 27.7 Å². The Balaban J connectivity index is 1.54. The molecule has 0 unspecified atom stereocenters. The first-order chi connectivity index (χ1) is 14.3. The van der Waals surface area contributed by atoms with E-state index < -0.39 is 11.8 Å². The third kappa shape index (κ3) is 3.52. The second-order valence-corrected chi connectivity index (χ2v) is 7.18. The highest BCUT2D eigenvalue weighted by atomic mass is 16.6. The smallest absolute Gasteiger partial charge is 0.273 e. The van der Waals surface area contributed by atoms with Crippen molar-refractivity contribution in [2.75, 3.05) is 13.2 Å². The number of nitrogens with one attached hydrogen (secondary N) is 2. The topological polar surface area (TPSA) is 94.7 Å². The van der Waals surface area contributed by atoms with Crippen LogP contribution < -0.4 is 20.3 Å². The van der Waals surface area contributed by atoms with Crippen LogP contribution in [0.25, 0.3) is 5.69 Å². The minimum Gasteiger partial charge on any atom is -0.486 e. The van der Waals surface area contributed by atoms with E-state index in [4.69, 9.17) is 13.9 Å². The molecule has 8 heteroatoms. The lowest BCUT2D eigenvalue weighted by Gasteiger charge is -2.20. The Labute approximate surface area is 173 Å². The average molecular weight is 409 g/mol. The van der Waals surface area contributed by atoms with Crippen LogP contribution in [0.1, 0.15) is 43.6 Å². The van der Waals surface area contributed by atoms with Gasteiger partial charge in [0, 0.05) is 23.1 Å². The fraction of sp³-hybridized carbons (Fsp3) is 0.273. The van der Waals surface area contributed by atoms with Crippen LogP contribution >= 0.6 is 0 Å². The predicted molar refractivity (Wildman–Crippen MR) is 109 cm³/mol. The summed E-state index contributed by atoms with van der Waals surface area (Å²) in [5.41, 5.74) is 8.25. The molecule has 156 valence electrons. The van der Waals surface area contributed by atoms with Crippen LogP contribution in [0.3, 0.4) is 0 Å². The second-order valence-electron chi connectivity index (χ2n) is 7.18. The summed E-state index contributed by atoms with van der Waals surface area (Å²) in [5, 5.41) is 0. The molecule has 0 radical (unpaired) electrons. The molecule has 0 bridgehead atoms. The first kappa shape index (κ1) is 19.6. The minimum atomic E-state index is -0.432. The molecule has 0 atom stereocenters. The number of fused-ring (bicyclic) bond motifs is 1. The Kier molecular flexibility index (Phi) is 4.99. The van der Waals surface area contributed by atoms with E-state index in [2.05, 4.69) is 10.9 Å². The molecule has 8 nitrogen and oxygen atoms in total. The van der Waals surface area contributed by atoms with Gasteiger partial charge in [0.1, 0.15) is 24.7 Å². The number of hydrazine groups is 1. The van der Waals surface area contributed by atoms with E-state index in [0.717, 1.165) is 17.1 Å². The Bertz CT molecular complexity index is 1140. The molecule has 3 aromatic rings. The lowest BCUT2D eigenvalue weighted by molar-refractivity contribution is 0.0845. The molecule has 2 N–H and O–H groups in total. The summed E-state index contributed by atoms with van der Waals surface area (Å²) >= 11 is 0. The normalized spacial score (nSPS) is 12.5. The molecule has 2 amide bonds. The molecule has 0 saturated heterocycles. The molecule has 30 heavy (non-hydrogen) atoms. The van der Waals surface area contributed by atoms with Gasteiger partial charge in [-0.25, -0.2) is 0 Å². The zero-order valence-corrected chi connectivity index (χ0v) is 17.3. The molecule has 1 aliphatic heterocycles. The largest absolute Gasteiger partial charge is 0.486 e. The van der Waals surface area contributed by atoms with Gasteiger partial charge < -0.3 is 18.5 Å². The number of aromatic nitrogens is 1. The Morgan fingerprint density at radius 3 is 2.20 bits per heavy atom. The summed E-state index contributed by atoms with van der Waals surface area (Å²) in [4.78, 5) is 25.0. The van der Waals surface area contributed by atoms with Gasteiger partial charge in [-0.2, -0.15) is 0 Å². The second kappa shape index (κ2) is 7.62. The maximum absolute atomic E-state index is 12.7. The number of amides is 2. The zero-order chi connectivity index (χ0) is 21.4. The maximum atomic E-state index is 12.7. The van der Waals surface area contributed by atoms with E-state index >= 15 is 0 Å². The minimum absolute atomic E-state index is 0.384. The van der Waals surface area contributed by atoms with Crippen molar-refractivity contribution >= 4 is 11.8 Å². The van der Waals surface area contributed by atoms with Crippen LogP contribution in [0.2, 0.25) is 0 Å². The highest BCUT2D eigenvalue weighted by Gasteiger charge is 2.20. The Hall–Kier alpha value is -3.68. The molecular formula is C22H23N3O5. The van der Waals surface area contributed by atoms with Crippen LogP contribution in [0.4, 0.5) is 0 Å². The lowest BCUT2D eigenvalue weighted by atomic mass is 10.2. The molecule has 0 fully saturated rings. The van der Waals surface area contributed by atoms with Gasteiger partial charge in [-0.15, -0.1) is 0 Å². The quantitative estimate of drug-likeness (QED) is 0.648. The number of furan rings is 1. The summed E-state index contributed by atoms with van der Waals surface area (Å²) in [6.45, 7) is 8.26. The van der Waals surface area contributed by atoms with Gasteiger partial charge in [0.2, 0.25) is 0 Å². The van der Waals surface area contributed by atoms with Crippen LogP contribution in [-0.2, 0) is 0 Å². The number of carbonyl (C=O) groups excluding carboxylic acids is 2. The number of nitrogens with zero attached hydrogens (tertiary/aromatic N) is 1. The van der Waals surface area contributed by atoms with E-state index in [1.54, 1.807) is 26.0 Å². The molecule has 0 aliphatic carbocycles. The molecule has 0 spiro atoms. The highest BCUT2D eigenvalue weighted by molar-refractivity contribution is 6.00. The standard InChI is InChI=1S/C22H23N3O5/c1-12-9-17(21(26)23-24-22(27)18-10-13(2)30-15(18)4)14(3)25(12)16-5-6-19-20(11-16)29-8-7-28-19/h5-6,9-11H,7-8H2,1-4H3,(H,23,26)(H,24,27).